The van der Waals surface area contributed by atoms with Crippen LogP contribution < -0.4 is 19.7 Å². The van der Waals surface area contributed by atoms with E-state index >= 15 is 0 Å². The highest BCUT2D eigenvalue weighted by Crippen LogP contribution is 2.53. The number of rotatable bonds is 2. The third kappa shape index (κ3) is 1.92. The number of carbonyl (C=O) groups excluding carboxylic acids is 2. The van der Waals surface area contributed by atoms with Gasteiger partial charge in [-0.05, 0) is 32.4 Å². The molecule has 0 bridgehead atoms. The molecule has 1 fully saturated rings. The lowest BCUT2D eigenvalue weighted by atomic mass is 9.79. The average molecular weight is 366 g/mol. The lowest BCUT2D eigenvalue weighted by molar-refractivity contribution is -0.121. The van der Waals surface area contributed by atoms with Crippen molar-refractivity contribution in [2.75, 3.05) is 11.5 Å². The molecule has 1 saturated heterocycles. The molecule has 3 aliphatic heterocycles. The minimum atomic E-state index is -0.939. The van der Waals surface area contributed by atoms with E-state index < -0.39 is 17.0 Å². The minimum Gasteiger partial charge on any atom is -0.492 e. The minimum absolute atomic E-state index is 0.186. The van der Waals surface area contributed by atoms with E-state index in [2.05, 4.69) is 15.3 Å². The van der Waals surface area contributed by atoms with Crippen LogP contribution in [0.4, 0.5) is 10.6 Å². The molecule has 8 nitrogen and oxygen atoms in total. The first-order valence-electron chi connectivity index (χ1n) is 8.86. The molecule has 27 heavy (non-hydrogen) atoms. The summed E-state index contributed by atoms with van der Waals surface area (Å²) in [7, 11) is 0. The quantitative estimate of drug-likeness (QED) is 0.821. The molecule has 3 aliphatic rings. The maximum absolute atomic E-state index is 12.8. The zero-order chi connectivity index (χ0) is 19.0. The van der Waals surface area contributed by atoms with Crippen molar-refractivity contribution in [1.82, 2.24) is 15.3 Å². The Morgan fingerprint density at radius 3 is 2.78 bits per heavy atom. The van der Waals surface area contributed by atoms with Gasteiger partial charge in [-0.15, -0.1) is 0 Å². The summed E-state index contributed by atoms with van der Waals surface area (Å²) in [5, 5.41) is 2.73. The van der Waals surface area contributed by atoms with Crippen molar-refractivity contribution >= 4 is 17.8 Å². The van der Waals surface area contributed by atoms with Crippen LogP contribution >= 0.6 is 0 Å². The number of anilines is 1. The Hall–Kier alpha value is -3.16. The summed E-state index contributed by atoms with van der Waals surface area (Å²) < 4.78 is 11.7. The molecular weight excluding hydrogens is 348 g/mol. The molecule has 1 unspecified atom stereocenters. The summed E-state index contributed by atoms with van der Waals surface area (Å²) in [4.78, 5) is 35.3. The fraction of sp³-hybridized carbons (Fsp3) is 0.368. The zero-order valence-corrected chi connectivity index (χ0v) is 15.2. The summed E-state index contributed by atoms with van der Waals surface area (Å²) in [6.07, 6.45) is 1.88. The van der Waals surface area contributed by atoms with Gasteiger partial charge >= 0.3 is 6.03 Å². The number of nitrogens with one attached hydrogen (secondary N) is 1. The van der Waals surface area contributed by atoms with Gasteiger partial charge in [0.25, 0.3) is 5.91 Å². The molecule has 5 rings (SSSR count). The molecular formula is C19H18N4O4. The van der Waals surface area contributed by atoms with E-state index in [9.17, 15) is 9.59 Å². The van der Waals surface area contributed by atoms with E-state index in [1.807, 2.05) is 32.0 Å². The molecule has 0 spiro atoms. The van der Waals surface area contributed by atoms with Crippen LogP contribution in [0, 0.1) is 0 Å². The van der Waals surface area contributed by atoms with Gasteiger partial charge in [0.2, 0.25) is 5.88 Å². The number of imide groups is 1. The highest BCUT2D eigenvalue weighted by atomic mass is 16.5. The molecule has 1 aromatic heterocycles. The first-order chi connectivity index (χ1) is 12.9. The lowest BCUT2D eigenvalue weighted by Gasteiger charge is -2.30. The molecule has 2 aromatic rings. The van der Waals surface area contributed by atoms with Crippen LogP contribution in [0.1, 0.15) is 38.4 Å². The predicted molar refractivity (Wildman–Crippen MR) is 95.2 cm³/mol. The summed E-state index contributed by atoms with van der Waals surface area (Å²) in [5.41, 5.74) is -0.0242. The third-order valence-electron chi connectivity index (χ3n) is 5.71. The Balaban J connectivity index is 1.63. The highest BCUT2D eigenvalue weighted by Gasteiger charge is 2.50. The van der Waals surface area contributed by atoms with E-state index in [-0.39, 0.29) is 11.7 Å². The van der Waals surface area contributed by atoms with Crippen molar-refractivity contribution in [3.63, 3.8) is 0 Å². The maximum atomic E-state index is 12.8. The number of aromatic nitrogens is 2. The smallest absolute Gasteiger partial charge is 0.330 e. The largest absolute Gasteiger partial charge is 0.492 e. The van der Waals surface area contributed by atoms with Crippen molar-refractivity contribution in [1.29, 1.82) is 0 Å². The fourth-order valence-electron chi connectivity index (χ4n) is 3.89. The van der Waals surface area contributed by atoms with Gasteiger partial charge < -0.3 is 14.8 Å². The van der Waals surface area contributed by atoms with Crippen molar-refractivity contribution < 1.29 is 19.1 Å². The van der Waals surface area contributed by atoms with E-state index in [0.29, 0.717) is 30.4 Å². The van der Waals surface area contributed by atoms with Crippen LogP contribution in [0.25, 0.3) is 0 Å². The molecule has 0 aliphatic carbocycles. The number of hydrogen-bond donors (Lipinski definition) is 1. The van der Waals surface area contributed by atoms with Gasteiger partial charge in [0.05, 0.1) is 17.2 Å². The van der Waals surface area contributed by atoms with E-state index in [1.165, 1.54) is 6.20 Å². The lowest BCUT2D eigenvalue weighted by Crippen LogP contribution is -2.43. The number of carbonyl (C=O) groups is 2. The zero-order valence-electron chi connectivity index (χ0n) is 15.2. The second-order valence-corrected chi connectivity index (χ2v) is 7.49. The Morgan fingerprint density at radius 1 is 1.26 bits per heavy atom. The number of nitrogens with zero attached hydrogens (tertiary/aromatic N) is 3. The molecule has 0 saturated carbocycles. The van der Waals surface area contributed by atoms with Crippen LogP contribution in [0.5, 0.6) is 17.4 Å². The molecule has 1 aromatic carbocycles. The van der Waals surface area contributed by atoms with Crippen LogP contribution in [0.15, 0.2) is 24.4 Å². The van der Waals surface area contributed by atoms with Gasteiger partial charge in [-0.25, -0.2) is 19.7 Å². The third-order valence-corrected chi connectivity index (χ3v) is 5.71. The van der Waals surface area contributed by atoms with Gasteiger partial charge in [0.1, 0.15) is 29.3 Å². The molecule has 8 heteroatoms. The van der Waals surface area contributed by atoms with Gasteiger partial charge in [0.15, 0.2) is 5.82 Å². The second kappa shape index (κ2) is 4.97. The van der Waals surface area contributed by atoms with Gasteiger partial charge in [0, 0.05) is 0 Å². The Bertz CT molecular complexity index is 1020. The number of amides is 3. The Morgan fingerprint density at radius 2 is 2.04 bits per heavy atom. The maximum Gasteiger partial charge on any atom is 0.330 e. The molecule has 138 valence electrons. The fourth-order valence-corrected chi connectivity index (χ4v) is 3.89. The topological polar surface area (TPSA) is 93.7 Å². The summed E-state index contributed by atoms with van der Waals surface area (Å²) in [5.74, 6) is 1.65. The number of urea groups is 1. The van der Waals surface area contributed by atoms with E-state index in [0.717, 1.165) is 16.2 Å². The Labute approximate surface area is 155 Å². The van der Waals surface area contributed by atoms with Crippen LogP contribution in [0.2, 0.25) is 0 Å². The number of ether oxygens (including phenoxy) is 2. The van der Waals surface area contributed by atoms with Crippen molar-refractivity contribution in [3.05, 3.63) is 35.7 Å². The first kappa shape index (κ1) is 16.0. The van der Waals surface area contributed by atoms with Crippen LogP contribution in [-0.4, -0.2) is 34.1 Å². The SMILES string of the molecule is CC[C@@]1(C)NC(=O)N(c2cnc3c(n2)C2(C)COc4cccc(c42)O3)C1=O. The second-order valence-electron chi connectivity index (χ2n) is 7.49. The van der Waals surface area contributed by atoms with Gasteiger partial charge in [-0.3, -0.25) is 4.79 Å². The first-order valence-corrected chi connectivity index (χ1v) is 8.86. The normalized spacial score (nSPS) is 27.6. The molecule has 2 atom stereocenters. The standard InChI is InChI=1S/C19H18N4O4/c1-4-19(3)16(24)23(17(25)22-19)12-8-20-15-14(21-12)18(2)9-26-10-6-5-7-11(27-15)13(10)18/h5-8H,4,9H2,1-3H3,(H,22,25)/t18?,19-/m1/s1. The summed E-state index contributed by atoms with van der Waals surface area (Å²) >= 11 is 0. The molecule has 0 radical (unpaired) electrons. The summed E-state index contributed by atoms with van der Waals surface area (Å²) in [6.45, 7) is 5.95. The Kier molecular flexibility index (Phi) is 2.95. The molecule has 3 amide bonds. The molecule has 4 heterocycles. The van der Waals surface area contributed by atoms with E-state index in [4.69, 9.17) is 9.47 Å². The van der Waals surface area contributed by atoms with Crippen molar-refractivity contribution in [3.8, 4) is 17.4 Å². The van der Waals surface area contributed by atoms with Crippen molar-refractivity contribution in [2.24, 2.45) is 0 Å². The molecule has 1 N–H and O–H groups in total. The predicted octanol–water partition coefficient (Wildman–Crippen LogP) is 2.51. The van der Waals surface area contributed by atoms with Crippen molar-refractivity contribution in [2.45, 2.75) is 38.1 Å². The van der Waals surface area contributed by atoms with Crippen LogP contribution in [-0.2, 0) is 10.2 Å². The summed E-state index contributed by atoms with van der Waals surface area (Å²) in [6, 6.07) is 5.13. The number of benzene rings is 1. The number of fused-ring (bicyclic) bond motifs is 2. The van der Waals surface area contributed by atoms with Gasteiger partial charge in [-0.1, -0.05) is 13.0 Å². The van der Waals surface area contributed by atoms with Crippen LogP contribution in [0.3, 0.4) is 0 Å². The van der Waals surface area contributed by atoms with Gasteiger partial charge in [-0.2, -0.15) is 0 Å². The monoisotopic (exact) mass is 366 g/mol. The number of hydrogen-bond acceptors (Lipinski definition) is 6. The average Bonchev–Trinajstić information content (AvgIpc) is 3.12. The highest BCUT2D eigenvalue weighted by molar-refractivity contribution is 6.22. The van der Waals surface area contributed by atoms with E-state index in [1.54, 1.807) is 6.92 Å².